The summed E-state index contributed by atoms with van der Waals surface area (Å²) in [5, 5.41) is 11.5. The first-order valence-corrected chi connectivity index (χ1v) is 15.0. The van der Waals surface area contributed by atoms with Gasteiger partial charge >= 0.3 is 5.97 Å². The lowest BCUT2D eigenvalue weighted by Crippen LogP contribution is -2.08. The Labute approximate surface area is 170 Å². The minimum Gasteiger partial charge on any atom is -0.465 e. The number of hydrogen-bond donors (Lipinski definition) is 1. The van der Waals surface area contributed by atoms with Crippen molar-refractivity contribution in [3.05, 3.63) is 0 Å². The van der Waals surface area contributed by atoms with Crippen LogP contribution in [-0.2, 0) is 20.3 Å². The van der Waals surface area contributed by atoms with Gasteiger partial charge in [-0.15, -0.1) is 35.3 Å². The van der Waals surface area contributed by atoms with Gasteiger partial charge in [-0.05, 0) is 12.2 Å². The first-order chi connectivity index (χ1) is 11.7. The molecule has 1 unspecified atom stereocenters. The lowest BCUT2D eigenvalue weighted by Gasteiger charge is -2.05. The first-order valence-electron chi connectivity index (χ1n) is 7.70. The molecule has 144 valence electrons. The third kappa shape index (κ3) is 19.7. The van der Waals surface area contributed by atoms with Crippen LogP contribution in [0.4, 0.5) is 0 Å². The predicted molar refractivity (Wildman–Crippen MR) is 118 cm³/mol. The minimum atomic E-state index is -0.629. The molecule has 4 nitrogen and oxygen atoms in total. The highest BCUT2D eigenvalue weighted by atomic mass is 32.2. The molecule has 0 aliphatic carbocycles. The van der Waals surface area contributed by atoms with Crippen LogP contribution in [0.3, 0.4) is 0 Å². The molecule has 0 aromatic rings. The van der Waals surface area contributed by atoms with E-state index >= 15 is 0 Å². The number of rotatable bonds is 18. The quantitative estimate of drug-likeness (QED) is 0.191. The summed E-state index contributed by atoms with van der Waals surface area (Å²) in [4.78, 5) is 11.5. The summed E-state index contributed by atoms with van der Waals surface area (Å²) in [7, 11) is -0.629. The molecule has 0 heterocycles. The van der Waals surface area contributed by atoms with Crippen molar-refractivity contribution < 1.29 is 18.8 Å². The van der Waals surface area contributed by atoms with Gasteiger partial charge in [0.1, 0.15) is 6.61 Å². The molecule has 0 aromatic carbocycles. The van der Waals surface area contributed by atoms with Gasteiger partial charge in [-0.1, -0.05) is 6.92 Å². The zero-order valence-corrected chi connectivity index (χ0v) is 19.0. The number of aliphatic hydroxyl groups excluding tert-OH is 1. The van der Waals surface area contributed by atoms with Gasteiger partial charge in [0, 0.05) is 49.1 Å². The molecule has 0 aliphatic rings. The van der Waals surface area contributed by atoms with Crippen molar-refractivity contribution in [3.63, 3.8) is 0 Å². The Balaban J connectivity index is 3.18. The topological polar surface area (TPSA) is 63.6 Å². The largest absolute Gasteiger partial charge is 0.465 e. The van der Waals surface area contributed by atoms with E-state index in [2.05, 4.69) is 0 Å². The minimum absolute atomic E-state index is 0.124. The molecule has 0 amide bonds. The Bertz CT molecular complexity index is 320. The summed E-state index contributed by atoms with van der Waals surface area (Å²) < 4.78 is 16.4. The lowest BCUT2D eigenvalue weighted by molar-refractivity contribution is -0.142. The van der Waals surface area contributed by atoms with Crippen molar-refractivity contribution in [2.24, 2.45) is 0 Å². The van der Waals surface area contributed by atoms with Crippen LogP contribution < -0.4 is 0 Å². The standard InChI is InChI=1S/C14H28O4S6/c1-2-24(17)9-3-6-19-12-23-13-20-7-4-14(16)18-5-8-21-11-22-10-15/h15H,2-13H2,1H3. The number of hydrogen-bond acceptors (Lipinski definition) is 9. The van der Waals surface area contributed by atoms with Crippen molar-refractivity contribution in [2.75, 3.05) is 56.6 Å². The van der Waals surface area contributed by atoms with E-state index in [0.717, 1.165) is 50.4 Å². The molecule has 0 fully saturated rings. The molecule has 0 rings (SSSR count). The Hall–Kier alpha value is 1.33. The Morgan fingerprint density at radius 3 is 2.38 bits per heavy atom. The van der Waals surface area contributed by atoms with E-state index < -0.39 is 10.8 Å². The Kier molecular flexibility index (Phi) is 21.8. The van der Waals surface area contributed by atoms with Crippen LogP contribution in [0.15, 0.2) is 0 Å². The van der Waals surface area contributed by atoms with Crippen molar-refractivity contribution in [2.45, 2.75) is 19.8 Å². The SMILES string of the molecule is CCS(=O)CCCSCSCSCCC(=O)OCCSCSCO. The van der Waals surface area contributed by atoms with Crippen LogP contribution in [0.25, 0.3) is 0 Å². The van der Waals surface area contributed by atoms with Gasteiger partial charge in [-0.2, -0.15) is 23.5 Å². The Morgan fingerprint density at radius 2 is 1.67 bits per heavy atom. The fourth-order valence-electron chi connectivity index (χ4n) is 1.33. The van der Waals surface area contributed by atoms with E-state index in [1.54, 1.807) is 23.5 Å². The summed E-state index contributed by atoms with van der Waals surface area (Å²) in [5.41, 5.74) is 0. The third-order valence-electron chi connectivity index (χ3n) is 2.52. The van der Waals surface area contributed by atoms with Gasteiger partial charge in [-0.3, -0.25) is 9.00 Å². The molecule has 0 aromatic heterocycles. The van der Waals surface area contributed by atoms with Crippen LogP contribution >= 0.6 is 58.8 Å². The summed E-state index contributed by atoms with van der Waals surface area (Å²) in [6.45, 7) is 2.41. The molecule has 24 heavy (non-hydrogen) atoms. The van der Waals surface area contributed by atoms with Crippen molar-refractivity contribution in [1.82, 2.24) is 0 Å². The van der Waals surface area contributed by atoms with Gasteiger partial charge in [-0.25, -0.2) is 0 Å². The highest BCUT2D eigenvalue weighted by Gasteiger charge is 2.03. The molecular formula is C14H28O4S6. The van der Waals surface area contributed by atoms with E-state index in [1.165, 1.54) is 11.8 Å². The fourth-order valence-corrected chi connectivity index (χ4v) is 7.14. The smallest absolute Gasteiger partial charge is 0.306 e. The monoisotopic (exact) mass is 452 g/mol. The maximum atomic E-state index is 11.5. The van der Waals surface area contributed by atoms with E-state index in [0.29, 0.717) is 13.0 Å². The molecule has 1 atom stereocenters. The molecule has 0 radical (unpaired) electrons. The number of carbonyl (C=O) groups is 1. The van der Waals surface area contributed by atoms with Crippen LogP contribution in [0.2, 0.25) is 0 Å². The average molecular weight is 453 g/mol. The summed E-state index contributed by atoms with van der Waals surface area (Å²) in [6.07, 6.45) is 1.50. The van der Waals surface area contributed by atoms with Crippen molar-refractivity contribution in [1.29, 1.82) is 0 Å². The Morgan fingerprint density at radius 1 is 1.00 bits per heavy atom. The molecule has 1 N–H and O–H groups in total. The van der Waals surface area contributed by atoms with Crippen LogP contribution in [0.1, 0.15) is 19.8 Å². The van der Waals surface area contributed by atoms with E-state index in [4.69, 9.17) is 9.84 Å². The third-order valence-corrected chi connectivity index (χ3v) is 9.61. The highest BCUT2D eigenvalue weighted by Crippen LogP contribution is 2.19. The molecule has 0 spiro atoms. The highest BCUT2D eigenvalue weighted by molar-refractivity contribution is 8.22. The average Bonchev–Trinajstić information content (AvgIpc) is 2.59. The van der Waals surface area contributed by atoms with Gasteiger partial charge in [0.05, 0.1) is 12.4 Å². The van der Waals surface area contributed by atoms with Gasteiger partial charge < -0.3 is 9.84 Å². The van der Waals surface area contributed by atoms with Crippen LogP contribution in [-0.4, -0.2) is 71.8 Å². The van der Waals surface area contributed by atoms with Gasteiger partial charge in [0.25, 0.3) is 0 Å². The molecular weight excluding hydrogens is 425 g/mol. The number of carbonyl (C=O) groups excluding carboxylic acids is 1. The van der Waals surface area contributed by atoms with Crippen LogP contribution in [0.5, 0.6) is 0 Å². The molecule has 0 saturated carbocycles. The van der Waals surface area contributed by atoms with E-state index in [-0.39, 0.29) is 11.9 Å². The molecule has 0 saturated heterocycles. The summed E-state index contributed by atoms with van der Waals surface area (Å²) >= 11 is 8.65. The second kappa shape index (κ2) is 20.6. The fraction of sp³-hybridized carbons (Fsp3) is 0.929. The maximum Gasteiger partial charge on any atom is 0.306 e. The molecule has 0 bridgehead atoms. The maximum absolute atomic E-state index is 11.5. The lowest BCUT2D eigenvalue weighted by atomic mass is 10.5. The van der Waals surface area contributed by atoms with Gasteiger partial charge in [0.2, 0.25) is 0 Å². The second-order valence-electron chi connectivity index (χ2n) is 4.37. The summed E-state index contributed by atoms with van der Waals surface area (Å²) in [6, 6.07) is 0. The normalized spacial score (nSPS) is 12.2. The number of thioether (sulfide) groups is 5. The first kappa shape index (κ1) is 25.3. The second-order valence-corrected chi connectivity index (χ2v) is 12.6. The van der Waals surface area contributed by atoms with Crippen molar-refractivity contribution in [3.8, 4) is 0 Å². The van der Waals surface area contributed by atoms with Crippen LogP contribution in [0, 0.1) is 0 Å². The number of ether oxygens (including phenoxy) is 1. The van der Waals surface area contributed by atoms with E-state index in [1.807, 2.05) is 30.4 Å². The van der Waals surface area contributed by atoms with E-state index in [9.17, 15) is 9.00 Å². The zero-order valence-electron chi connectivity index (χ0n) is 14.1. The molecule has 0 aliphatic heterocycles. The number of aliphatic hydroxyl groups is 1. The van der Waals surface area contributed by atoms with Crippen molar-refractivity contribution >= 4 is 75.6 Å². The predicted octanol–water partition coefficient (Wildman–Crippen LogP) is 3.57. The summed E-state index contributed by atoms with van der Waals surface area (Å²) in [5.74, 6) is 4.26. The molecule has 10 heteroatoms. The zero-order chi connectivity index (χ0) is 17.9. The number of esters is 1. The van der Waals surface area contributed by atoms with Gasteiger partial charge in [0.15, 0.2) is 0 Å².